The second-order valence-electron chi connectivity index (χ2n) is 5.54. The molecule has 0 aliphatic carbocycles. The zero-order valence-corrected chi connectivity index (χ0v) is 13.7. The summed E-state index contributed by atoms with van der Waals surface area (Å²) < 4.78 is 22.6. The third-order valence-electron chi connectivity index (χ3n) is 3.59. The van der Waals surface area contributed by atoms with Gasteiger partial charge in [0.05, 0.1) is 5.75 Å². The number of benzene rings is 1. The maximum absolute atomic E-state index is 11.3. The SMILES string of the molecule is CCC(N)C(c1ccc(C)cc1)N(C)CCS(C)(=O)=O. The Bertz CT molecular complexity index is 511. The van der Waals surface area contributed by atoms with Crippen molar-refractivity contribution in [3.63, 3.8) is 0 Å². The quantitative estimate of drug-likeness (QED) is 0.833. The molecule has 20 heavy (non-hydrogen) atoms. The van der Waals surface area contributed by atoms with Crippen LogP contribution in [0.4, 0.5) is 0 Å². The lowest BCUT2D eigenvalue weighted by Crippen LogP contribution is -2.40. The van der Waals surface area contributed by atoms with Crippen molar-refractivity contribution in [1.29, 1.82) is 0 Å². The van der Waals surface area contributed by atoms with Crippen molar-refractivity contribution >= 4 is 9.84 Å². The van der Waals surface area contributed by atoms with E-state index in [0.29, 0.717) is 6.54 Å². The van der Waals surface area contributed by atoms with Crippen LogP contribution in [-0.4, -0.2) is 45.0 Å². The van der Waals surface area contributed by atoms with Crippen LogP contribution in [0.1, 0.15) is 30.5 Å². The monoisotopic (exact) mass is 298 g/mol. The Labute approximate surface area is 122 Å². The van der Waals surface area contributed by atoms with Crippen LogP contribution in [0, 0.1) is 6.92 Å². The number of nitrogens with two attached hydrogens (primary N) is 1. The molecule has 4 nitrogen and oxygen atoms in total. The van der Waals surface area contributed by atoms with Crippen molar-refractivity contribution in [1.82, 2.24) is 4.90 Å². The van der Waals surface area contributed by atoms with Crippen molar-refractivity contribution in [2.75, 3.05) is 25.6 Å². The fourth-order valence-electron chi connectivity index (χ4n) is 2.26. The summed E-state index contributed by atoms with van der Waals surface area (Å²) in [6.45, 7) is 4.59. The highest BCUT2D eigenvalue weighted by Gasteiger charge is 2.23. The number of rotatable bonds is 7. The van der Waals surface area contributed by atoms with Crippen LogP contribution in [0.3, 0.4) is 0 Å². The third kappa shape index (κ3) is 5.23. The fourth-order valence-corrected chi connectivity index (χ4v) is 2.88. The molecule has 0 bridgehead atoms. The molecule has 0 aliphatic rings. The molecule has 0 radical (unpaired) electrons. The molecule has 0 fully saturated rings. The van der Waals surface area contributed by atoms with Gasteiger partial charge < -0.3 is 5.73 Å². The Morgan fingerprint density at radius 3 is 2.25 bits per heavy atom. The van der Waals surface area contributed by atoms with Gasteiger partial charge in [-0.2, -0.15) is 0 Å². The molecular weight excluding hydrogens is 272 g/mol. The molecule has 0 saturated heterocycles. The standard InChI is InChI=1S/C15H26N2O2S/c1-5-14(16)15(13-8-6-12(2)7-9-13)17(3)10-11-20(4,18)19/h6-9,14-15H,5,10-11,16H2,1-4H3. The van der Waals surface area contributed by atoms with Gasteiger partial charge in [-0.1, -0.05) is 36.8 Å². The van der Waals surface area contributed by atoms with Gasteiger partial charge in [0.2, 0.25) is 0 Å². The van der Waals surface area contributed by atoms with Crippen LogP contribution in [0.15, 0.2) is 24.3 Å². The van der Waals surface area contributed by atoms with Crippen LogP contribution < -0.4 is 5.73 Å². The lowest BCUT2D eigenvalue weighted by molar-refractivity contribution is 0.220. The van der Waals surface area contributed by atoms with Crippen LogP contribution in [0.2, 0.25) is 0 Å². The van der Waals surface area contributed by atoms with E-state index in [-0.39, 0.29) is 17.8 Å². The van der Waals surface area contributed by atoms with Gasteiger partial charge in [-0.3, -0.25) is 4.90 Å². The summed E-state index contributed by atoms with van der Waals surface area (Å²) in [5, 5.41) is 0. The molecule has 5 heteroatoms. The van der Waals surface area contributed by atoms with Crippen molar-refractivity contribution in [2.24, 2.45) is 5.73 Å². The summed E-state index contributed by atoms with van der Waals surface area (Å²) in [4.78, 5) is 2.04. The highest BCUT2D eigenvalue weighted by atomic mass is 32.2. The van der Waals surface area contributed by atoms with Gasteiger partial charge in [0.25, 0.3) is 0 Å². The number of nitrogens with zero attached hydrogens (tertiary/aromatic N) is 1. The Hall–Kier alpha value is -0.910. The van der Waals surface area contributed by atoms with Gasteiger partial charge in [-0.15, -0.1) is 0 Å². The third-order valence-corrected chi connectivity index (χ3v) is 4.51. The molecule has 1 aromatic carbocycles. The second kappa shape index (κ2) is 7.20. The van der Waals surface area contributed by atoms with Gasteiger partial charge in [-0.25, -0.2) is 8.42 Å². The summed E-state index contributed by atoms with van der Waals surface area (Å²) >= 11 is 0. The van der Waals surface area contributed by atoms with E-state index in [2.05, 4.69) is 31.2 Å². The number of aryl methyl sites for hydroxylation is 1. The van der Waals surface area contributed by atoms with Crippen LogP contribution in [-0.2, 0) is 9.84 Å². The molecule has 0 aliphatic heterocycles. The molecular formula is C15H26N2O2S. The number of hydrogen-bond acceptors (Lipinski definition) is 4. The van der Waals surface area contributed by atoms with Crippen molar-refractivity contribution in [3.05, 3.63) is 35.4 Å². The van der Waals surface area contributed by atoms with Gasteiger partial charge >= 0.3 is 0 Å². The minimum absolute atomic E-state index is 0.0118. The fraction of sp³-hybridized carbons (Fsp3) is 0.600. The zero-order chi connectivity index (χ0) is 15.3. The molecule has 0 heterocycles. The summed E-state index contributed by atoms with van der Waals surface area (Å²) in [7, 11) is -1.02. The molecule has 114 valence electrons. The summed E-state index contributed by atoms with van der Waals surface area (Å²) in [5.41, 5.74) is 8.58. The van der Waals surface area contributed by atoms with Crippen molar-refractivity contribution in [2.45, 2.75) is 32.4 Å². The first kappa shape index (κ1) is 17.1. The Kier molecular flexibility index (Phi) is 6.17. The molecule has 1 rings (SSSR count). The first-order valence-corrected chi connectivity index (χ1v) is 9.00. The molecule has 2 unspecified atom stereocenters. The van der Waals surface area contributed by atoms with Crippen LogP contribution >= 0.6 is 0 Å². The second-order valence-corrected chi connectivity index (χ2v) is 7.80. The highest BCUT2D eigenvalue weighted by Crippen LogP contribution is 2.24. The van der Waals surface area contributed by atoms with Gasteiger partial charge in [0.1, 0.15) is 9.84 Å². The first-order valence-electron chi connectivity index (χ1n) is 6.94. The van der Waals surface area contributed by atoms with Crippen molar-refractivity contribution in [3.8, 4) is 0 Å². The van der Waals surface area contributed by atoms with Gasteiger partial charge in [-0.05, 0) is 26.0 Å². The lowest BCUT2D eigenvalue weighted by Gasteiger charge is -2.32. The normalized spacial score (nSPS) is 15.3. The minimum Gasteiger partial charge on any atom is -0.326 e. The van der Waals surface area contributed by atoms with Gasteiger partial charge in [0.15, 0.2) is 0 Å². The molecule has 0 spiro atoms. The number of hydrogen-bond donors (Lipinski definition) is 1. The Morgan fingerprint density at radius 1 is 1.25 bits per heavy atom. The smallest absolute Gasteiger partial charge is 0.148 e. The van der Waals surface area contributed by atoms with Gasteiger partial charge in [0, 0.05) is 24.9 Å². The van der Waals surface area contributed by atoms with E-state index in [1.807, 2.05) is 18.9 Å². The molecule has 2 atom stereocenters. The summed E-state index contributed by atoms with van der Waals surface area (Å²) in [5.74, 6) is 0.155. The molecule has 0 aromatic heterocycles. The topological polar surface area (TPSA) is 63.4 Å². The zero-order valence-electron chi connectivity index (χ0n) is 12.8. The predicted octanol–water partition coefficient (Wildman–Crippen LogP) is 1.75. The first-order chi connectivity index (χ1) is 9.24. The predicted molar refractivity (Wildman–Crippen MR) is 84.5 cm³/mol. The van der Waals surface area contributed by atoms with E-state index in [1.165, 1.54) is 11.8 Å². The average Bonchev–Trinajstić information content (AvgIpc) is 2.38. The van der Waals surface area contributed by atoms with E-state index in [9.17, 15) is 8.42 Å². The van der Waals surface area contributed by atoms with E-state index < -0.39 is 9.84 Å². The Balaban J connectivity index is 2.91. The number of likely N-dealkylation sites (N-methyl/N-ethyl adjacent to an activating group) is 1. The van der Waals surface area contributed by atoms with Crippen LogP contribution in [0.25, 0.3) is 0 Å². The van der Waals surface area contributed by atoms with E-state index in [0.717, 1.165) is 12.0 Å². The highest BCUT2D eigenvalue weighted by molar-refractivity contribution is 7.90. The summed E-state index contributed by atoms with van der Waals surface area (Å²) in [6, 6.07) is 8.31. The van der Waals surface area contributed by atoms with E-state index in [1.54, 1.807) is 0 Å². The van der Waals surface area contributed by atoms with E-state index in [4.69, 9.17) is 5.73 Å². The van der Waals surface area contributed by atoms with E-state index >= 15 is 0 Å². The number of sulfone groups is 1. The average molecular weight is 298 g/mol. The molecule has 1 aromatic rings. The molecule has 2 N–H and O–H groups in total. The molecule has 0 saturated carbocycles. The maximum Gasteiger partial charge on any atom is 0.148 e. The maximum atomic E-state index is 11.3. The van der Waals surface area contributed by atoms with Crippen molar-refractivity contribution < 1.29 is 8.42 Å². The van der Waals surface area contributed by atoms with Crippen LogP contribution in [0.5, 0.6) is 0 Å². The largest absolute Gasteiger partial charge is 0.326 e. The molecule has 0 amide bonds. The Morgan fingerprint density at radius 2 is 1.80 bits per heavy atom. The lowest BCUT2D eigenvalue weighted by atomic mass is 9.96. The minimum atomic E-state index is -2.96. The summed E-state index contributed by atoms with van der Waals surface area (Å²) in [6.07, 6.45) is 2.11.